The Hall–Kier alpha value is -1.39. The number of likely N-dealkylation sites (tertiary alicyclic amines) is 1. The van der Waals surface area contributed by atoms with E-state index in [0.29, 0.717) is 5.92 Å². The highest BCUT2D eigenvalue weighted by molar-refractivity contribution is 5.94. The van der Waals surface area contributed by atoms with Crippen molar-refractivity contribution < 1.29 is 4.79 Å². The molecule has 0 saturated carbocycles. The van der Waals surface area contributed by atoms with E-state index in [-0.39, 0.29) is 18.0 Å². The van der Waals surface area contributed by atoms with Crippen molar-refractivity contribution in [2.45, 2.75) is 32.4 Å². The highest BCUT2D eigenvalue weighted by Crippen LogP contribution is 2.21. The largest absolute Gasteiger partial charge is 0.328 e. The first kappa shape index (κ1) is 14.0. The molecule has 0 aromatic heterocycles. The van der Waals surface area contributed by atoms with Gasteiger partial charge < -0.3 is 11.1 Å². The van der Waals surface area contributed by atoms with Crippen molar-refractivity contribution >= 4 is 11.6 Å². The summed E-state index contributed by atoms with van der Waals surface area (Å²) in [5, 5.41) is 2.95. The van der Waals surface area contributed by atoms with Gasteiger partial charge in [-0.1, -0.05) is 18.2 Å². The summed E-state index contributed by atoms with van der Waals surface area (Å²) in [4.78, 5) is 14.4. The van der Waals surface area contributed by atoms with Crippen LogP contribution in [-0.4, -0.2) is 36.0 Å². The molecule has 0 radical (unpaired) electrons. The fourth-order valence-electron chi connectivity index (χ4n) is 2.53. The molecule has 19 heavy (non-hydrogen) atoms. The van der Waals surface area contributed by atoms with Gasteiger partial charge in [-0.25, -0.2) is 0 Å². The van der Waals surface area contributed by atoms with Crippen LogP contribution in [0.3, 0.4) is 0 Å². The molecule has 1 aliphatic rings. The normalized spacial score (nSPS) is 23.0. The SMILES string of the molecule is CC(N)C1CCN(C(C)C(=O)Nc2ccccc2)C1. The number of nitrogens with one attached hydrogen (secondary N) is 1. The Morgan fingerprint density at radius 3 is 2.63 bits per heavy atom. The number of hydrogen-bond acceptors (Lipinski definition) is 3. The zero-order chi connectivity index (χ0) is 13.8. The molecule has 4 heteroatoms. The van der Waals surface area contributed by atoms with E-state index in [0.717, 1.165) is 25.2 Å². The molecule has 1 aliphatic heterocycles. The number of carbonyl (C=O) groups excluding carboxylic acids is 1. The molecule has 0 bridgehead atoms. The molecule has 3 N–H and O–H groups in total. The summed E-state index contributed by atoms with van der Waals surface area (Å²) in [5.41, 5.74) is 6.78. The summed E-state index contributed by atoms with van der Waals surface area (Å²) >= 11 is 0. The maximum absolute atomic E-state index is 12.2. The summed E-state index contributed by atoms with van der Waals surface area (Å²) in [7, 11) is 0. The maximum Gasteiger partial charge on any atom is 0.241 e. The molecular formula is C15H23N3O. The van der Waals surface area contributed by atoms with Gasteiger partial charge in [0.05, 0.1) is 6.04 Å². The molecular weight excluding hydrogens is 238 g/mol. The summed E-state index contributed by atoms with van der Waals surface area (Å²) in [6.45, 7) is 5.88. The topological polar surface area (TPSA) is 58.4 Å². The van der Waals surface area contributed by atoms with E-state index in [2.05, 4.69) is 10.2 Å². The van der Waals surface area contributed by atoms with Crippen LogP contribution < -0.4 is 11.1 Å². The van der Waals surface area contributed by atoms with Crippen molar-refractivity contribution in [2.24, 2.45) is 11.7 Å². The van der Waals surface area contributed by atoms with E-state index in [9.17, 15) is 4.79 Å². The van der Waals surface area contributed by atoms with E-state index in [1.54, 1.807) is 0 Å². The van der Waals surface area contributed by atoms with Gasteiger partial charge in [0.15, 0.2) is 0 Å². The molecule has 3 unspecified atom stereocenters. The Bertz CT molecular complexity index is 419. The van der Waals surface area contributed by atoms with Crippen LogP contribution in [0.4, 0.5) is 5.69 Å². The lowest BCUT2D eigenvalue weighted by Crippen LogP contribution is -2.41. The van der Waals surface area contributed by atoms with Gasteiger partial charge in [-0.3, -0.25) is 9.69 Å². The van der Waals surface area contributed by atoms with E-state index < -0.39 is 0 Å². The standard InChI is InChI=1S/C15H23N3O/c1-11(16)13-8-9-18(10-13)12(2)15(19)17-14-6-4-3-5-7-14/h3-7,11-13H,8-10,16H2,1-2H3,(H,17,19). The maximum atomic E-state index is 12.2. The first-order valence-corrected chi connectivity index (χ1v) is 6.93. The molecule has 0 aliphatic carbocycles. The number of rotatable bonds is 4. The third-order valence-corrected chi connectivity index (χ3v) is 3.97. The molecule has 1 fully saturated rings. The number of carbonyl (C=O) groups is 1. The van der Waals surface area contributed by atoms with Gasteiger partial charge in [0.2, 0.25) is 5.91 Å². The lowest BCUT2D eigenvalue weighted by molar-refractivity contribution is -0.120. The summed E-state index contributed by atoms with van der Waals surface area (Å²) in [5.74, 6) is 0.559. The molecule has 104 valence electrons. The van der Waals surface area contributed by atoms with Crippen LogP contribution in [0.1, 0.15) is 20.3 Å². The van der Waals surface area contributed by atoms with Crippen LogP contribution in [0.2, 0.25) is 0 Å². The van der Waals surface area contributed by atoms with Gasteiger partial charge in [0.25, 0.3) is 0 Å². The van der Waals surface area contributed by atoms with Gasteiger partial charge in [0.1, 0.15) is 0 Å². The van der Waals surface area contributed by atoms with Crippen LogP contribution >= 0.6 is 0 Å². The zero-order valence-corrected chi connectivity index (χ0v) is 11.7. The quantitative estimate of drug-likeness (QED) is 0.867. The molecule has 3 atom stereocenters. The number of amides is 1. The number of nitrogens with two attached hydrogens (primary N) is 1. The lowest BCUT2D eigenvalue weighted by Gasteiger charge is -2.24. The van der Waals surface area contributed by atoms with Crippen molar-refractivity contribution in [2.75, 3.05) is 18.4 Å². The Morgan fingerprint density at radius 2 is 2.05 bits per heavy atom. The minimum absolute atomic E-state index is 0.0523. The van der Waals surface area contributed by atoms with Gasteiger partial charge in [-0.15, -0.1) is 0 Å². The Kier molecular flexibility index (Phi) is 4.56. The van der Waals surface area contributed by atoms with Crippen molar-refractivity contribution in [3.05, 3.63) is 30.3 Å². The minimum atomic E-state index is -0.107. The lowest BCUT2D eigenvalue weighted by atomic mass is 10.0. The first-order valence-electron chi connectivity index (χ1n) is 6.93. The summed E-state index contributed by atoms with van der Waals surface area (Å²) in [6, 6.07) is 9.68. The van der Waals surface area contributed by atoms with E-state index in [4.69, 9.17) is 5.73 Å². The molecule has 1 aromatic carbocycles. The number of benzene rings is 1. The van der Waals surface area contributed by atoms with Gasteiger partial charge in [0, 0.05) is 18.3 Å². The van der Waals surface area contributed by atoms with Gasteiger partial charge >= 0.3 is 0 Å². The average molecular weight is 261 g/mol. The molecule has 1 aromatic rings. The Balaban J connectivity index is 1.90. The number of para-hydroxylation sites is 1. The first-order chi connectivity index (χ1) is 9.08. The van der Waals surface area contributed by atoms with Crippen LogP contribution in [-0.2, 0) is 4.79 Å². The second-order valence-electron chi connectivity index (χ2n) is 5.43. The molecule has 1 amide bonds. The number of nitrogens with zero attached hydrogens (tertiary/aromatic N) is 1. The highest BCUT2D eigenvalue weighted by atomic mass is 16.2. The third-order valence-electron chi connectivity index (χ3n) is 3.97. The Morgan fingerprint density at radius 1 is 1.37 bits per heavy atom. The van der Waals surface area contributed by atoms with Crippen LogP contribution in [0.15, 0.2) is 30.3 Å². The van der Waals surface area contributed by atoms with Crippen molar-refractivity contribution in [3.63, 3.8) is 0 Å². The molecule has 1 heterocycles. The monoisotopic (exact) mass is 261 g/mol. The molecule has 4 nitrogen and oxygen atoms in total. The van der Waals surface area contributed by atoms with Crippen molar-refractivity contribution in [1.82, 2.24) is 4.90 Å². The van der Waals surface area contributed by atoms with Gasteiger partial charge in [-0.05, 0) is 44.9 Å². The minimum Gasteiger partial charge on any atom is -0.328 e. The predicted molar refractivity (Wildman–Crippen MR) is 77.9 cm³/mol. The smallest absolute Gasteiger partial charge is 0.241 e. The number of anilines is 1. The Labute approximate surface area is 115 Å². The van der Waals surface area contributed by atoms with E-state index in [1.165, 1.54) is 0 Å². The zero-order valence-electron chi connectivity index (χ0n) is 11.7. The average Bonchev–Trinajstić information content (AvgIpc) is 2.88. The predicted octanol–water partition coefficient (Wildman–Crippen LogP) is 1.68. The number of hydrogen-bond donors (Lipinski definition) is 2. The van der Waals surface area contributed by atoms with Gasteiger partial charge in [-0.2, -0.15) is 0 Å². The highest BCUT2D eigenvalue weighted by Gasteiger charge is 2.31. The van der Waals surface area contributed by atoms with Crippen LogP contribution in [0.25, 0.3) is 0 Å². The summed E-state index contributed by atoms with van der Waals surface area (Å²) in [6.07, 6.45) is 1.08. The molecule has 2 rings (SSSR count). The third kappa shape index (κ3) is 3.55. The van der Waals surface area contributed by atoms with Crippen LogP contribution in [0.5, 0.6) is 0 Å². The second-order valence-corrected chi connectivity index (χ2v) is 5.43. The van der Waals surface area contributed by atoms with Crippen molar-refractivity contribution in [3.8, 4) is 0 Å². The second kappa shape index (κ2) is 6.17. The molecule has 0 spiro atoms. The van der Waals surface area contributed by atoms with E-state index >= 15 is 0 Å². The molecule has 1 saturated heterocycles. The van der Waals surface area contributed by atoms with Crippen molar-refractivity contribution in [1.29, 1.82) is 0 Å². The van der Waals surface area contributed by atoms with Crippen LogP contribution in [0, 0.1) is 5.92 Å². The van der Waals surface area contributed by atoms with E-state index in [1.807, 2.05) is 44.2 Å². The fraction of sp³-hybridized carbons (Fsp3) is 0.533. The summed E-state index contributed by atoms with van der Waals surface area (Å²) < 4.78 is 0. The fourth-order valence-corrected chi connectivity index (χ4v) is 2.53.